The first-order chi connectivity index (χ1) is 7.81. The lowest BCUT2D eigenvalue weighted by Gasteiger charge is -2.26. The molecule has 88 valence electrons. The van der Waals surface area contributed by atoms with Crippen LogP contribution >= 0.6 is 0 Å². The van der Waals surface area contributed by atoms with E-state index in [0.717, 1.165) is 37.2 Å². The van der Waals surface area contributed by atoms with E-state index >= 15 is 0 Å². The van der Waals surface area contributed by atoms with Crippen molar-refractivity contribution in [1.82, 2.24) is 5.32 Å². The van der Waals surface area contributed by atoms with Gasteiger partial charge in [0.2, 0.25) is 0 Å². The van der Waals surface area contributed by atoms with E-state index in [1.54, 1.807) is 0 Å². The number of piperidine rings is 1. The second kappa shape index (κ2) is 5.32. The number of hydrogen-bond acceptors (Lipinski definition) is 3. The molecule has 16 heavy (non-hydrogen) atoms. The third kappa shape index (κ3) is 2.54. The Morgan fingerprint density at radius 2 is 2.12 bits per heavy atom. The number of aryl methyl sites for hydroxylation is 1. The highest BCUT2D eigenvalue weighted by atomic mass is 16.3. The predicted molar refractivity (Wildman–Crippen MR) is 66.6 cm³/mol. The van der Waals surface area contributed by atoms with Crippen molar-refractivity contribution in [2.75, 3.05) is 18.4 Å². The Morgan fingerprint density at radius 3 is 2.81 bits per heavy atom. The molecule has 1 aliphatic heterocycles. The quantitative estimate of drug-likeness (QED) is 0.726. The number of hydrogen-bond donors (Lipinski definition) is 3. The van der Waals surface area contributed by atoms with Gasteiger partial charge in [-0.25, -0.2) is 0 Å². The fourth-order valence-corrected chi connectivity index (χ4v) is 2.24. The summed E-state index contributed by atoms with van der Waals surface area (Å²) < 4.78 is 0. The van der Waals surface area contributed by atoms with Gasteiger partial charge in [-0.1, -0.05) is 18.2 Å². The molecule has 1 aliphatic rings. The maximum atomic E-state index is 9.32. The summed E-state index contributed by atoms with van der Waals surface area (Å²) in [5.41, 5.74) is 3.33. The summed E-state index contributed by atoms with van der Waals surface area (Å²) in [4.78, 5) is 0. The fraction of sp³-hybridized carbons (Fsp3) is 0.538. The second-order valence-corrected chi connectivity index (χ2v) is 4.44. The SMILES string of the molecule is Cc1cccc(CO)c1NC1CCNCC1. The maximum Gasteiger partial charge on any atom is 0.0702 e. The minimum Gasteiger partial charge on any atom is -0.392 e. The van der Waals surface area contributed by atoms with Crippen LogP contribution in [0.3, 0.4) is 0 Å². The van der Waals surface area contributed by atoms with Gasteiger partial charge in [0.15, 0.2) is 0 Å². The van der Waals surface area contributed by atoms with Crippen LogP contribution in [0.4, 0.5) is 5.69 Å². The molecule has 1 saturated heterocycles. The van der Waals surface area contributed by atoms with E-state index < -0.39 is 0 Å². The molecule has 0 saturated carbocycles. The van der Waals surface area contributed by atoms with Gasteiger partial charge in [0, 0.05) is 17.3 Å². The van der Waals surface area contributed by atoms with Crippen molar-refractivity contribution in [3.8, 4) is 0 Å². The minimum atomic E-state index is 0.106. The Balaban J connectivity index is 2.12. The number of aliphatic hydroxyl groups is 1. The number of para-hydroxylation sites is 1. The molecule has 0 amide bonds. The lowest BCUT2D eigenvalue weighted by atomic mass is 10.0. The molecule has 0 bridgehead atoms. The molecule has 1 aromatic rings. The first-order valence-corrected chi connectivity index (χ1v) is 5.98. The van der Waals surface area contributed by atoms with Crippen molar-refractivity contribution in [1.29, 1.82) is 0 Å². The number of nitrogens with one attached hydrogen (secondary N) is 2. The summed E-state index contributed by atoms with van der Waals surface area (Å²) >= 11 is 0. The van der Waals surface area contributed by atoms with Gasteiger partial charge in [0.25, 0.3) is 0 Å². The summed E-state index contributed by atoms with van der Waals surface area (Å²) in [7, 11) is 0. The molecule has 3 nitrogen and oxygen atoms in total. The van der Waals surface area contributed by atoms with Gasteiger partial charge in [-0.2, -0.15) is 0 Å². The van der Waals surface area contributed by atoms with Crippen LogP contribution in [0.15, 0.2) is 18.2 Å². The first-order valence-electron chi connectivity index (χ1n) is 5.98. The van der Waals surface area contributed by atoms with Crippen molar-refractivity contribution in [3.63, 3.8) is 0 Å². The molecule has 3 N–H and O–H groups in total. The van der Waals surface area contributed by atoms with Crippen molar-refractivity contribution < 1.29 is 5.11 Å². The van der Waals surface area contributed by atoms with Gasteiger partial charge in [0.05, 0.1) is 6.61 Å². The lowest BCUT2D eigenvalue weighted by molar-refractivity contribution is 0.282. The largest absolute Gasteiger partial charge is 0.392 e. The summed E-state index contributed by atoms with van der Waals surface area (Å²) in [6, 6.07) is 6.60. The van der Waals surface area contributed by atoms with Crippen LogP contribution in [0.25, 0.3) is 0 Å². The Morgan fingerprint density at radius 1 is 1.38 bits per heavy atom. The fourth-order valence-electron chi connectivity index (χ4n) is 2.24. The van der Waals surface area contributed by atoms with Crippen LogP contribution in [0.2, 0.25) is 0 Å². The topological polar surface area (TPSA) is 44.3 Å². The van der Waals surface area contributed by atoms with Gasteiger partial charge in [0.1, 0.15) is 0 Å². The summed E-state index contributed by atoms with van der Waals surface area (Å²) in [5.74, 6) is 0. The van der Waals surface area contributed by atoms with E-state index in [1.807, 2.05) is 12.1 Å². The van der Waals surface area contributed by atoms with E-state index in [9.17, 15) is 5.11 Å². The molecular formula is C13H20N2O. The van der Waals surface area contributed by atoms with Gasteiger partial charge < -0.3 is 15.7 Å². The molecular weight excluding hydrogens is 200 g/mol. The van der Waals surface area contributed by atoms with Crippen molar-refractivity contribution in [2.24, 2.45) is 0 Å². The maximum absolute atomic E-state index is 9.32. The predicted octanol–water partition coefficient (Wildman–Crippen LogP) is 1.65. The zero-order valence-corrected chi connectivity index (χ0v) is 9.79. The number of anilines is 1. The molecule has 1 fully saturated rings. The number of aliphatic hydroxyl groups excluding tert-OH is 1. The van der Waals surface area contributed by atoms with E-state index in [4.69, 9.17) is 0 Å². The summed E-state index contributed by atoms with van der Waals surface area (Å²) in [5, 5.41) is 16.2. The lowest BCUT2D eigenvalue weighted by Crippen LogP contribution is -2.35. The molecule has 0 unspecified atom stereocenters. The summed E-state index contributed by atoms with van der Waals surface area (Å²) in [6.07, 6.45) is 2.30. The van der Waals surface area contributed by atoms with E-state index in [-0.39, 0.29) is 6.61 Å². The number of benzene rings is 1. The van der Waals surface area contributed by atoms with Crippen LogP contribution in [0, 0.1) is 6.92 Å². The Kier molecular flexibility index (Phi) is 3.80. The highest BCUT2D eigenvalue weighted by Crippen LogP contribution is 2.23. The van der Waals surface area contributed by atoms with E-state index in [0.29, 0.717) is 6.04 Å². The van der Waals surface area contributed by atoms with Gasteiger partial charge >= 0.3 is 0 Å². The average Bonchev–Trinajstić information content (AvgIpc) is 2.33. The van der Waals surface area contributed by atoms with Crippen molar-refractivity contribution >= 4 is 5.69 Å². The molecule has 1 aromatic carbocycles. The molecule has 0 aliphatic carbocycles. The van der Waals surface area contributed by atoms with E-state index in [2.05, 4.69) is 23.6 Å². The zero-order chi connectivity index (χ0) is 11.4. The van der Waals surface area contributed by atoms with Crippen LogP contribution in [0.5, 0.6) is 0 Å². The highest BCUT2D eigenvalue weighted by molar-refractivity contribution is 5.57. The third-order valence-corrected chi connectivity index (χ3v) is 3.22. The van der Waals surface area contributed by atoms with Gasteiger partial charge in [-0.05, 0) is 38.4 Å². The molecule has 2 rings (SSSR count). The Bertz CT molecular complexity index is 346. The molecule has 0 radical (unpaired) electrons. The third-order valence-electron chi connectivity index (χ3n) is 3.22. The molecule has 1 heterocycles. The van der Waals surface area contributed by atoms with Crippen LogP contribution in [0.1, 0.15) is 24.0 Å². The highest BCUT2D eigenvalue weighted by Gasteiger charge is 2.14. The summed E-state index contributed by atoms with van der Waals surface area (Å²) in [6.45, 7) is 4.35. The average molecular weight is 220 g/mol. The Hall–Kier alpha value is -1.06. The van der Waals surface area contributed by atoms with Gasteiger partial charge in [-0.15, -0.1) is 0 Å². The zero-order valence-electron chi connectivity index (χ0n) is 9.79. The van der Waals surface area contributed by atoms with Crippen molar-refractivity contribution in [3.05, 3.63) is 29.3 Å². The minimum absolute atomic E-state index is 0.106. The van der Waals surface area contributed by atoms with E-state index in [1.165, 1.54) is 5.56 Å². The second-order valence-electron chi connectivity index (χ2n) is 4.44. The number of rotatable bonds is 3. The van der Waals surface area contributed by atoms with Crippen LogP contribution < -0.4 is 10.6 Å². The Labute approximate surface area is 96.9 Å². The molecule has 0 spiro atoms. The van der Waals surface area contributed by atoms with Crippen LogP contribution in [-0.4, -0.2) is 24.2 Å². The molecule has 0 atom stereocenters. The smallest absolute Gasteiger partial charge is 0.0702 e. The van der Waals surface area contributed by atoms with Gasteiger partial charge in [-0.3, -0.25) is 0 Å². The molecule has 0 aromatic heterocycles. The monoisotopic (exact) mass is 220 g/mol. The van der Waals surface area contributed by atoms with Crippen molar-refractivity contribution in [2.45, 2.75) is 32.4 Å². The first kappa shape index (κ1) is 11.4. The van der Waals surface area contributed by atoms with Crippen LogP contribution in [-0.2, 0) is 6.61 Å². The normalized spacial score (nSPS) is 17.4. The standard InChI is InChI=1S/C13H20N2O/c1-10-3-2-4-11(9-16)13(10)15-12-5-7-14-8-6-12/h2-4,12,14-16H,5-9H2,1H3. The molecule has 3 heteroatoms.